The highest BCUT2D eigenvalue weighted by Crippen LogP contribution is 2.32. The van der Waals surface area contributed by atoms with Gasteiger partial charge in [-0.3, -0.25) is 4.79 Å². The molecule has 2 aromatic rings. The fourth-order valence-corrected chi connectivity index (χ4v) is 3.04. The molecule has 108 valence electrons. The predicted molar refractivity (Wildman–Crippen MR) is 85.7 cm³/mol. The maximum absolute atomic E-state index is 12.5. The van der Waals surface area contributed by atoms with Crippen LogP contribution in [0.4, 0.5) is 5.69 Å². The summed E-state index contributed by atoms with van der Waals surface area (Å²) in [5, 5.41) is 7.00. The number of hydrogen-bond acceptors (Lipinski definition) is 2. The maximum atomic E-state index is 12.5. The van der Waals surface area contributed by atoms with E-state index in [1.807, 2.05) is 55.5 Å². The number of halogens is 1. The molecule has 2 atom stereocenters. The smallest absolute Gasteiger partial charge is 0.229 e. The van der Waals surface area contributed by atoms with Gasteiger partial charge in [-0.1, -0.05) is 48.0 Å². The predicted octanol–water partition coefficient (Wildman–Crippen LogP) is 3.73. The van der Waals surface area contributed by atoms with Crippen LogP contribution < -0.4 is 10.6 Å². The van der Waals surface area contributed by atoms with Crippen molar-refractivity contribution in [3.05, 3.63) is 64.7 Å². The molecule has 0 spiro atoms. The average Bonchev–Trinajstić information content (AvgIpc) is 2.91. The number of rotatable bonds is 3. The first-order valence-corrected chi connectivity index (χ1v) is 7.42. The second-order valence-electron chi connectivity index (χ2n) is 5.27. The highest BCUT2D eigenvalue weighted by atomic mass is 35.5. The van der Waals surface area contributed by atoms with E-state index >= 15 is 0 Å². The van der Waals surface area contributed by atoms with Crippen LogP contribution in [-0.4, -0.2) is 12.5 Å². The summed E-state index contributed by atoms with van der Waals surface area (Å²) in [5.41, 5.74) is 3.04. The minimum absolute atomic E-state index is 0.0277. The zero-order valence-corrected chi connectivity index (χ0v) is 12.5. The van der Waals surface area contributed by atoms with Gasteiger partial charge in [0.25, 0.3) is 0 Å². The first-order chi connectivity index (χ1) is 10.2. The first-order valence-electron chi connectivity index (χ1n) is 7.04. The number of para-hydroxylation sites is 1. The zero-order valence-electron chi connectivity index (χ0n) is 11.8. The van der Waals surface area contributed by atoms with Crippen molar-refractivity contribution in [3.8, 4) is 0 Å². The lowest BCUT2D eigenvalue weighted by Gasteiger charge is -2.18. The molecule has 0 aliphatic carbocycles. The van der Waals surface area contributed by atoms with Crippen LogP contribution in [-0.2, 0) is 4.79 Å². The van der Waals surface area contributed by atoms with Crippen molar-refractivity contribution in [3.63, 3.8) is 0 Å². The molecule has 1 amide bonds. The fraction of sp³-hybridized carbons (Fsp3) is 0.235. The summed E-state index contributed by atoms with van der Waals surface area (Å²) in [6.45, 7) is 2.59. The summed E-state index contributed by atoms with van der Waals surface area (Å²) >= 11 is 6.18. The van der Waals surface area contributed by atoms with Gasteiger partial charge in [0.15, 0.2) is 0 Å². The minimum atomic E-state index is -0.147. The number of hydrogen-bond donors (Lipinski definition) is 2. The fourth-order valence-electron chi connectivity index (χ4n) is 2.74. The van der Waals surface area contributed by atoms with E-state index in [9.17, 15) is 4.79 Å². The first kappa shape index (κ1) is 14.0. The van der Waals surface area contributed by atoms with Gasteiger partial charge >= 0.3 is 0 Å². The standard InChI is InChI=1S/C17H17ClN2O/c1-11(12-6-2-4-8-15(12)18)20-17(21)14-10-19-16-9-5-3-7-13(14)16/h2-9,11,14,19H,10H2,1H3,(H,20,21). The Bertz CT molecular complexity index is 671. The SMILES string of the molecule is CC(NC(=O)C1CNc2ccccc21)c1ccccc1Cl. The van der Waals surface area contributed by atoms with Crippen LogP contribution in [0, 0.1) is 0 Å². The van der Waals surface area contributed by atoms with Crippen molar-refractivity contribution in [2.45, 2.75) is 18.9 Å². The molecule has 0 aromatic heterocycles. The Morgan fingerprint density at radius 2 is 1.95 bits per heavy atom. The Morgan fingerprint density at radius 1 is 1.24 bits per heavy atom. The van der Waals surface area contributed by atoms with E-state index in [0.29, 0.717) is 11.6 Å². The van der Waals surface area contributed by atoms with E-state index in [-0.39, 0.29) is 17.9 Å². The van der Waals surface area contributed by atoms with Crippen molar-refractivity contribution < 1.29 is 4.79 Å². The summed E-state index contributed by atoms with van der Waals surface area (Å²) in [4.78, 5) is 12.5. The molecule has 4 heteroatoms. The lowest BCUT2D eigenvalue weighted by molar-refractivity contribution is -0.122. The topological polar surface area (TPSA) is 41.1 Å². The third-order valence-corrected chi connectivity index (χ3v) is 4.22. The van der Waals surface area contributed by atoms with Gasteiger partial charge in [-0.15, -0.1) is 0 Å². The Morgan fingerprint density at radius 3 is 2.76 bits per heavy atom. The van der Waals surface area contributed by atoms with Crippen LogP contribution in [0.1, 0.15) is 30.0 Å². The molecule has 1 aliphatic rings. The second-order valence-corrected chi connectivity index (χ2v) is 5.68. The van der Waals surface area contributed by atoms with E-state index in [0.717, 1.165) is 16.8 Å². The summed E-state index contributed by atoms with van der Waals surface area (Å²) in [5.74, 6) is -0.119. The molecule has 3 rings (SSSR count). The van der Waals surface area contributed by atoms with Gasteiger partial charge in [0.1, 0.15) is 0 Å². The highest BCUT2D eigenvalue weighted by molar-refractivity contribution is 6.31. The Balaban J connectivity index is 1.75. The van der Waals surface area contributed by atoms with Crippen molar-refractivity contribution in [1.29, 1.82) is 0 Å². The van der Waals surface area contributed by atoms with Gasteiger partial charge in [0.05, 0.1) is 12.0 Å². The summed E-state index contributed by atoms with van der Waals surface area (Å²) in [7, 11) is 0. The van der Waals surface area contributed by atoms with Gasteiger partial charge < -0.3 is 10.6 Å². The number of fused-ring (bicyclic) bond motifs is 1. The molecule has 0 radical (unpaired) electrons. The molecule has 1 aliphatic heterocycles. The summed E-state index contributed by atoms with van der Waals surface area (Å²) in [6.07, 6.45) is 0. The van der Waals surface area contributed by atoms with E-state index < -0.39 is 0 Å². The van der Waals surface area contributed by atoms with Crippen molar-refractivity contribution >= 4 is 23.2 Å². The lowest BCUT2D eigenvalue weighted by Crippen LogP contribution is -2.32. The zero-order chi connectivity index (χ0) is 14.8. The van der Waals surface area contributed by atoms with E-state index in [2.05, 4.69) is 10.6 Å². The third-order valence-electron chi connectivity index (χ3n) is 3.88. The van der Waals surface area contributed by atoms with Crippen LogP contribution in [0.15, 0.2) is 48.5 Å². The van der Waals surface area contributed by atoms with Crippen LogP contribution in [0.3, 0.4) is 0 Å². The van der Waals surface area contributed by atoms with Crippen LogP contribution >= 0.6 is 11.6 Å². The molecule has 1 heterocycles. The molecular weight excluding hydrogens is 284 g/mol. The molecule has 0 fully saturated rings. The Kier molecular flexibility index (Phi) is 3.84. The number of carbonyl (C=O) groups is 1. The number of amides is 1. The molecular formula is C17H17ClN2O. The summed E-state index contributed by atoms with van der Waals surface area (Å²) in [6, 6.07) is 15.4. The van der Waals surface area contributed by atoms with E-state index in [1.54, 1.807) is 0 Å². The second kappa shape index (κ2) is 5.78. The Labute approximate surface area is 129 Å². The van der Waals surface area contributed by atoms with Gasteiger partial charge in [-0.05, 0) is 30.2 Å². The number of anilines is 1. The van der Waals surface area contributed by atoms with Crippen LogP contribution in [0.25, 0.3) is 0 Å². The largest absolute Gasteiger partial charge is 0.384 e. The normalized spacial score (nSPS) is 17.7. The molecule has 2 aromatic carbocycles. The van der Waals surface area contributed by atoms with E-state index in [4.69, 9.17) is 11.6 Å². The number of benzene rings is 2. The van der Waals surface area contributed by atoms with Crippen LogP contribution in [0.2, 0.25) is 5.02 Å². The summed E-state index contributed by atoms with van der Waals surface area (Å²) < 4.78 is 0. The van der Waals surface area contributed by atoms with Gasteiger partial charge in [-0.25, -0.2) is 0 Å². The average molecular weight is 301 g/mol. The quantitative estimate of drug-likeness (QED) is 0.907. The Hall–Kier alpha value is -2.00. The molecule has 0 saturated heterocycles. The van der Waals surface area contributed by atoms with Crippen molar-refractivity contribution in [1.82, 2.24) is 5.32 Å². The van der Waals surface area contributed by atoms with E-state index in [1.165, 1.54) is 0 Å². The monoisotopic (exact) mass is 300 g/mol. The molecule has 21 heavy (non-hydrogen) atoms. The highest BCUT2D eigenvalue weighted by Gasteiger charge is 2.29. The number of carbonyl (C=O) groups excluding carboxylic acids is 1. The maximum Gasteiger partial charge on any atom is 0.229 e. The van der Waals surface area contributed by atoms with Gasteiger partial charge in [-0.2, -0.15) is 0 Å². The van der Waals surface area contributed by atoms with Crippen LogP contribution in [0.5, 0.6) is 0 Å². The molecule has 0 bridgehead atoms. The minimum Gasteiger partial charge on any atom is -0.384 e. The number of nitrogens with one attached hydrogen (secondary N) is 2. The molecule has 3 nitrogen and oxygen atoms in total. The third kappa shape index (κ3) is 2.74. The molecule has 2 N–H and O–H groups in total. The molecule has 2 unspecified atom stereocenters. The van der Waals surface area contributed by atoms with Crippen molar-refractivity contribution in [2.24, 2.45) is 0 Å². The molecule has 0 saturated carbocycles. The van der Waals surface area contributed by atoms with Gasteiger partial charge in [0, 0.05) is 17.3 Å². The lowest BCUT2D eigenvalue weighted by atomic mass is 9.99. The van der Waals surface area contributed by atoms with Crippen molar-refractivity contribution in [2.75, 3.05) is 11.9 Å². The van der Waals surface area contributed by atoms with Gasteiger partial charge in [0.2, 0.25) is 5.91 Å².